The van der Waals surface area contributed by atoms with Gasteiger partial charge in [-0.1, -0.05) is 31.2 Å². The Kier molecular flexibility index (Phi) is 8.03. The van der Waals surface area contributed by atoms with Crippen LogP contribution in [-0.4, -0.2) is 74.7 Å². The summed E-state index contributed by atoms with van der Waals surface area (Å²) in [6.45, 7) is 8.93. The van der Waals surface area contributed by atoms with Crippen LogP contribution in [0.1, 0.15) is 41.3 Å². The van der Waals surface area contributed by atoms with Gasteiger partial charge in [0.2, 0.25) is 10.0 Å². The largest absolute Gasteiger partial charge is 0.348 e. The van der Waals surface area contributed by atoms with Crippen LogP contribution >= 0.6 is 0 Å². The fourth-order valence-electron chi connectivity index (χ4n) is 4.54. The zero-order valence-corrected chi connectivity index (χ0v) is 21.1. The SMILES string of the molecule is CC1CCN(S(=O)(=O)c2ccc(C(=O)NCc3cccc(CN4CCN(C)CC4)c3)cc2)CC1. The molecule has 1 amide bonds. The number of hydrogen-bond donors (Lipinski definition) is 1. The molecule has 2 aromatic rings. The van der Waals surface area contributed by atoms with E-state index < -0.39 is 10.0 Å². The second-order valence-electron chi connectivity index (χ2n) is 9.69. The summed E-state index contributed by atoms with van der Waals surface area (Å²) < 4.78 is 27.3. The number of rotatable bonds is 7. The summed E-state index contributed by atoms with van der Waals surface area (Å²) in [4.78, 5) is 17.7. The third-order valence-corrected chi connectivity index (χ3v) is 8.86. The van der Waals surface area contributed by atoms with Gasteiger partial charge >= 0.3 is 0 Å². The maximum atomic E-state index is 12.9. The molecule has 2 aliphatic heterocycles. The number of hydrogen-bond acceptors (Lipinski definition) is 5. The lowest BCUT2D eigenvalue weighted by Gasteiger charge is -2.32. The first-order valence-electron chi connectivity index (χ1n) is 12.2. The molecule has 8 heteroatoms. The molecule has 0 radical (unpaired) electrons. The lowest BCUT2D eigenvalue weighted by atomic mass is 10.0. The van der Waals surface area contributed by atoms with Crippen LogP contribution in [0, 0.1) is 5.92 Å². The molecule has 0 aromatic heterocycles. The minimum atomic E-state index is -3.51. The summed E-state index contributed by atoms with van der Waals surface area (Å²) in [5, 5.41) is 2.96. The van der Waals surface area contributed by atoms with Gasteiger partial charge in [-0.3, -0.25) is 9.69 Å². The first kappa shape index (κ1) is 24.9. The number of piperidine rings is 1. The van der Waals surface area contributed by atoms with E-state index in [4.69, 9.17) is 0 Å². The van der Waals surface area contributed by atoms with E-state index in [-0.39, 0.29) is 10.8 Å². The van der Waals surface area contributed by atoms with Crippen molar-refractivity contribution < 1.29 is 13.2 Å². The number of nitrogens with zero attached hydrogens (tertiary/aromatic N) is 3. The van der Waals surface area contributed by atoms with Gasteiger partial charge in [0.1, 0.15) is 0 Å². The monoisotopic (exact) mass is 484 g/mol. The predicted octanol–water partition coefficient (Wildman–Crippen LogP) is 2.78. The van der Waals surface area contributed by atoms with Gasteiger partial charge in [-0.25, -0.2) is 8.42 Å². The number of carbonyl (C=O) groups excluding carboxylic acids is 1. The number of likely N-dealkylation sites (N-methyl/N-ethyl adjacent to an activating group) is 1. The Labute approximate surface area is 203 Å². The second kappa shape index (κ2) is 11.0. The number of carbonyl (C=O) groups is 1. The van der Waals surface area contributed by atoms with Crippen LogP contribution in [0.15, 0.2) is 53.4 Å². The number of nitrogens with one attached hydrogen (secondary N) is 1. The molecular formula is C26H36N4O3S. The number of sulfonamides is 1. The zero-order valence-electron chi connectivity index (χ0n) is 20.2. The lowest BCUT2D eigenvalue weighted by molar-refractivity contribution is 0.0950. The first-order valence-corrected chi connectivity index (χ1v) is 13.6. The van der Waals surface area contributed by atoms with Crippen LogP contribution in [0.2, 0.25) is 0 Å². The van der Waals surface area contributed by atoms with Crippen molar-refractivity contribution in [2.45, 2.75) is 37.8 Å². The van der Waals surface area contributed by atoms with Crippen LogP contribution < -0.4 is 5.32 Å². The predicted molar refractivity (Wildman–Crippen MR) is 134 cm³/mol. The van der Waals surface area contributed by atoms with Crippen molar-refractivity contribution in [3.8, 4) is 0 Å². The molecule has 34 heavy (non-hydrogen) atoms. The topological polar surface area (TPSA) is 73.0 Å². The van der Waals surface area contributed by atoms with Gasteiger partial charge in [-0.05, 0) is 61.2 Å². The first-order chi connectivity index (χ1) is 16.3. The van der Waals surface area contributed by atoms with E-state index >= 15 is 0 Å². The van der Waals surface area contributed by atoms with E-state index in [0.717, 1.165) is 51.1 Å². The molecular weight excluding hydrogens is 448 g/mol. The van der Waals surface area contributed by atoms with Crippen molar-refractivity contribution in [3.63, 3.8) is 0 Å². The summed E-state index contributed by atoms with van der Waals surface area (Å²) >= 11 is 0. The molecule has 7 nitrogen and oxygen atoms in total. The second-order valence-corrected chi connectivity index (χ2v) is 11.6. The number of benzene rings is 2. The van der Waals surface area contributed by atoms with Crippen molar-refractivity contribution in [3.05, 3.63) is 65.2 Å². The highest BCUT2D eigenvalue weighted by atomic mass is 32.2. The van der Waals surface area contributed by atoms with E-state index in [0.29, 0.717) is 31.1 Å². The molecule has 0 spiro atoms. The van der Waals surface area contributed by atoms with Crippen molar-refractivity contribution in [2.24, 2.45) is 5.92 Å². The van der Waals surface area contributed by atoms with Crippen LogP contribution in [0.5, 0.6) is 0 Å². The molecule has 2 aromatic carbocycles. The van der Waals surface area contributed by atoms with Crippen LogP contribution in [-0.2, 0) is 23.1 Å². The zero-order chi connectivity index (χ0) is 24.1. The Morgan fingerprint density at radius 3 is 2.26 bits per heavy atom. The molecule has 0 atom stereocenters. The van der Waals surface area contributed by atoms with Gasteiger partial charge in [0.25, 0.3) is 5.91 Å². The van der Waals surface area contributed by atoms with Crippen molar-refractivity contribution in [2.75, 3.05) is 46.3 Å². The molecule has 0 saturated carbocycles. The number of amides is 1. The highest BCUT2D eigenvalue weighted by Gasteiger charge is 2.28. The Bertz CT molecular complexity index is 1070. The van der Waals surface area contributed by atoms with Gasteiger partial charge in [-0.2, -0.15) is 4.31 Å². The Balaban J connectivity index is 1.32. The fourth-order valence-corrected chi connectivity index (χ4v) is 6.01. The third-order valence-electron chi connectivity index (χ3n) is 6.94. The van der Waals surface area contributed by atoms with Gasteiger partial charge in [0, 0.05) is 57.9 Å². The van der Waals surface area contributed by atoms with Gasteiger partial charge in [0.15, 0.2) is 0 Å². The van der Waals surface area contributed by atoms with E-state index in [1.165, 1.54) is 5.56 Å². The van der Waals surface area contributed by atoms with E-state index in [2.05, 4.69) is 41.2 Å². The maximum Gasteiger partial charge on any atom is 0.251 e. The van der Waals surface area contributed by atoms with Gasteiger partial charge in [-0.15, -0.1) is 0 Å². The van der Waals surface area contributed by atoms with Crippen LogP contribution in [0.4, 0.5) is 0 Å². The van der Waals surface area contributed by atoms with Crippen molar-refractivity contribution >= 4 is 15.9 Å². The molecule has 0 bridgehead atoms. The molecule has 184 valence electrons. The van der Waals surface area contributed by atoms with E-state index in [9.17, 15) is 13.2 Å². The molecule has 2 heterocycles. The average molecular weight is 485 g/mol. The Morgan fingerprint density at radius 2 is 1.59 bits per heavy atom. The maximum absolute atomic E-state index is 12.9. The molecule has 0 aliphatic carbocycles. The minimum Gasteiger partial charge on any atom is -0.348 e. The highest BCUT2D eigenvalue weighted by molar-refractivity contribution is 7.89. The van der Waals surface area contributed by atoms with Gasteiger partial charge in [0.05, 0.1) is 4.90 Å². The molecule has 0 unspecified atom stereocenters. The Morgan fingerprint density at radius 1 is 0.941 bits per heavy atom. The fraction of sp³-hybridized carbons (Fsp3) is 0.500. The third kappa shape index (κ3) is 6.24. The van der Waals surface area contributed by atoms with Crippen LogP contribution in [0.25, 0.3) is 0 Å². The summed E-state index contributed by atoms with van der Waals surface area (Å²) in [6.07, 6.45) is 1.77. The summed E-state index contributed by atoms with van der Waals surface area (Å²) in [6, 6.07) is 14.6. The molecule has 2 aliphatic rings. The summed E-state index contributed by atoms with van der Waals surface area (Å²) in [5.74, 6) is 0.352. The van der Waals surface area contributed by atoms with Crippen LogP contribution in [0.3, 0.4) is 0 Å². The Hall–Kier alpha value is -2.26. The quantitative estimate of drug-likeness (QED) is 0.654. The van der Waals surface area contributed by atoms with Gasteiger partial charge < -0.3 is 10.2 Å². The van der Waals surface area contributed by atoms with Crippen molar-refractivity contribution in [1.29, 1.82) is 0 Å². The summed E-state index contributed by atoms with van der Waals surface area (Å²) in [7, 11) is -1.35. The normalized spacial score (nSPS) is 19.2. The smallest absolute Gasteiger partial charge is 0.251 e. The highest BCUT2D eigenvalue weighted by Crippen LogP contribution is 2.23. The summed E-state index contributed by atoms with van der Waals surface area (Å²) in [5.41, 5.74) is 2.76. The molecule has 1 N–H and O–H groups in total. The average Bonchev–Trinajstić information content (AvgIpc) is 2.84. The van der Waals surface area contributed by atoms with E-state index in [1.807, 2.05) is 12.1 Å². The number of piperazine rings is 1. The van der Waals surface area contributed by atoms with Crippen molar-refractivity contribution in [1.82, 2.24) is 19.4 Å². The minimum absolute atomic E-state index is 0.208. The lowest BCUT2D eigenvalue weighted by Crippen LogP contribution is -2.43. The molecule has 2 fully saturated rings. The standard InChI is InChI=1S/C26H36N4O3S/c1-21-10-12-30(13-11-21)34(32,33)25-8-6-24(7-9-25)26(31)27-19-22-4-3-5-23(18-22)20-29-16-14-28(2)15-17-29/h3-9,18,21H,10-17,19-20H2,1-2H3,(H,27,31). The molecule has 4 rings (SSSR count). The molecule has 2 saturated heterocycles. The van der Waals surface area contributed by atoms with E-state index in [1.54, 1.807) is 28.6 Å².